The molecule has 0 aromatic carbocycles. The molecule has 3 heteroatoms. The Morgan fingerprint density at radius 1 is 1.44 bits per heavy atom. The monoisotopic (exact) mass is 221 g/mol. The van der Waals surface area contributed by atoms with Gasteiger partial charge in [0.15, 0.2) is 0 Å². The van der Waals surface area contributed by atoms with E-state index < -0.39 is 0 Å². The van der Waals surface area contributed by atoms with Crippen molar-refractivity contribution >= 4 is 0 Å². The van der Waals surface area contributed by atoms with Crippen LogP contribution in [0, 0.1) is 5.92 Å². The number of aliphatic hydroxyl groups excluding tert-OH is 1. The van der Waals surface area contributed by atoms with Crippen molar-refractivity contribution in [1.29, 1.82) is 0 Å². The Morgan fingerprint density at radius 2 is 2.19 bits per heavy atom. The Bertz CT molecular complexity index is 359. The lowest BCUT2D eigenvalue weighted by Gasteiger charge is -2.10. The number of aliphatic hydroxyl groups is 1. The maximum atomic E-state index is 9.17. The van der Waals surface area contributed by atoms with Crippen molar-refractivity contribution in [3.63, 3.8) is 0 Å². The number of nitrogens with zero attached hydrogens (tertiary/aromatic N) is 1. The minimum absolute atomic E-state index is 0.0437. The second kappa shape index (κ2) is 4.83. The second-order valence-electron chi connectivity index (χ2n) is 4.81. The van der Waals surface area contributed by atoms with Gasteiger partial charge in [-0.25, -0.2) is 4.98 Å². The Labute approximate surface area is 96.5 Å². The molecule has 1 aromatic heterocycles. The second-order valence-corrected chi connectivity index (χ2v) is 4.81. The molecule has 0 atom stereocenters. The molecule has 1 heterocycles. The molecule has 1 saturated carbocycles. The number of pyridine rings is 1. The number of hydrogen-bond acceptors (Lipinski definition) is 3. The summed E-state index contributed by atoms with van der Waals surface area (Å²) in [7, 11) is 0. The summed E-state index contributed by atoms with van der Waals surface area (Å²) >= 11 is 0. The fourth-order valence-corrected chi connectivity index (χ4v) is 1.53. The van der Waals surface area contributed by atoms with Gasteiger partial charge in [-0.05, 0) is 36.3 Å². The summed E-state index contributed by atoms with van der Waals surface area (Å²) < 4.78 is 5.64. The Hall–Kier alpha value is -1.09. The van der Waals surface area contributed by atoms with Crippen molar-refractivity contribution in [2.75, 3.05) is 6.61 Å². The fourth-order valence-electron chi connectivity index (χ4n) is 1.53. The molecule has 2 rings (SSSR count). The zero-order chi connectivity index (χ0) is 11.5. The van der Waals surface area contributed by atoms with E-state index in [1.54, 1.807) is 0 Å². The Kier molecular flexibility index (Phi) is 3.44. The van der Waals surface area contributed by atoms with Crippen molar-refractivity contribution in [2.45, 2.75) is 39.2 Å². The summed E-state index contributed by atoms with van der Waals surface area (Å²) in [5.41, 5.74) is 1.86. The lowest BCUT2D eigenvalue weighted by Crippen LogP contribution is -2.04. The van der Waals surface area contributed by atoms with Gasteiger partial charge in [-0.15, -0.1) is 0 Å². The summed E-state index contributed by atoms with van der Waals surface area (Å²) in [6, 6.07) is 3.77. The van der Waals surface area contributed by atoms with Crippen LogP contribution in [-0.4, -0.2) is 16.7 Å². The van der Waals surface area contributed by atoms with Gasteiger partial charge >= 0.3 is 0 Å². The normalized spacial score (nSPS) is 15.5. The third-order valence-electron chi connectivity index (χ3n) is 2.82. The quantitative estimate of drug-likeness (QED) is 0.830. The molecule has 1 aromatic rings. The zero-order valence-corrected chi connectivity index (χ0v) is 9.94. The molecule has 0 amide bonds. The van der Waals surface area contributed by atoms with Gasteiger partial charge in [0.2, 0.25) is 5.88 Å². The van der Waals surface area contributed by atoms with E-state index in [0.29, 0.717) is 11.8 Å². The van der Waals surface area contributed by atoms with Crippen molar-refractivity contribution in [1.82, 2.24) is 4.98 Å². The maximum Gasteiger partial charge on any atom is 0.213 e. The molecule has 16 heavy (non-hydrogen) atoms. The molecule has 1 aliphatic carbocycles. The van der Waals surface area contributed by atoms with E-state index in [1.165, 1.54) is 12.8 Å². The largest absolute Gasteiger partial charge is 0.477 e. The summed E-state index contributed by atoms with van der Waals surface area (Å²) in [5, 5.41) is 9.17. The van der Waals surface area contributed by atoms with Gasteiger partial charge < -0.3 is 9.84 Å². The minimum Gasteiger partial charge on any atom is -0.477 e. The van der Waals surface area contributed by atoms with Crippen LogP contribution in [0.4, 0.5) is 0 Å². The van der Waals surface area contributed by atoms with Crippen LogP contribution in [0.15, 0.2) is 12.1 Å². The summed E-state index contributed by atoms with van der Waals surface area (Å²) in [5.74, 6) is 1.74. The standard InChI is InChI=1S/C13H19NO2/c1-9(2)12-5-11(7-15)6-13(14-12)16-8-10-3-4-10/h5-6,9-10,15H,3-4,7-8H2,1-2H3. The van der Waals surface area contributed by atoms with E-state index in [2.05, 4.69) is 18.8 Å². The van der Waals surface area contributed by atoms with Gasteiger partial charge in [0.1, 0.15) is 0 Å². The molecular weight excluding hydrogens is 202 g/mol. The topological polar surface area (TPSA) is 42.4 Å². The molecule has 0 aliphatic heterocycles. The van der Waals surface area contributed by atoms with E-state index in [4.69, 9.17) is 4.74 Å². The van der Waals surface area contributed by atoms with E-state index in [1.807, 2.05) is 12.1 Å². The highest BCUT2D eigenvalue weighted by Gasteiger charge is 2.22. The summed E-state index contributed by atoms with van der Waals surface area (Å²) in [6.45, 7) is 4.99. The lowest BCUT2D eigenvalue weighted by atomic mass is 10.1. The summed E-state index contributed by atoms with van der Waals surface area (Å²) in [6.07, 6.45) is 2.55. The molecule has 1 aliphatic rings. The molecule has 0 unspecified atom stereocenters. The van der Waals surface area contributed by atoms with Gasteiger partial charge in [-0.1, -0.05) is 13.8 Å². The molecule has 0 bridgehead atoms. The van der Waals surface area contributed by atoms with E-state index in [-0.39, 0.29) is 6.61 Å². The number of ether oxygens (including phenoxy) is 1. The molecule has 88 valence electrons. The fraction of sp³-hybridized carbons (Fsp3) is 0.615. The van der Waals surface area contributed by atoms with Crippen molar-refractivity contribution in [3.8, 4) is 5.88 Å². The van der Waals surface area contributed by atoms with Crippen molar-refractivity contribution in [3.05, 3.63) is 23.4 Å². The lowest BCUT2D eigenvalue weighted by molar-refractivity contribution is 0.272. The zero-order valence-electron chi connectivity index (χ0n) is 9.94. The maximum absolute atomic E-state index is 9.17. The highest BCUT2D eigenvalue weighted by Crippen LogP contribution is 2.29. The predicted molar refractivity (Wildman–Crippen MR) is 62.5 cm³/mol. The van der Waals surface area contributed by atoms with Gasteiger partial charge in [-0.2, -0.15) is 0 Å². The van der Waals surface area contributed by atoms with Crippen LogP contribution in [0.3, 0.4) is 0 Å². The third-order valence-corrected chi connectivity index (χ3v) is 2.82. The first-order valence-electron chi connectivity index (χ1n) is 5.93. The van der Waals surface area contributed by atoms with Gasteiger partial charge in [0, 0.05) is 11.8 Å². The molecule has 0 saturated heterocycles. The van der Waals surface area contributed by atoms with Crippen LogP contribution >= 0.6 is 0 Å². The first kappa shape index (κ1) is 11.4. The van der Waals surface area contributed by atoms with Gasteiger partial charge in [0.05, 0.1) is 13.2 Å². The van der Waals surface area contributed by atoms with Crippen LogP contribution < -0.4 is 4.74 Å². The van der Waals surface area contributed by atoms with Gasteiger partial charge in [0.25, 0.3) is 0 Å². The molecule has 1 fully saturated rings. The molecule has 3 nitrogen and oxygen atoms in total. The highest BCUT2D eigenvalue weighted by atomic mass is 16.5. The van der Waals surface area contributed by atoms with Crippen LogP contribution in [0.25, 0.3) is 0 Å². The average molecular weight is 221 g/mol. The van der Waals surface area contributed by atoms with E-state index >= 15 is 0 Å². The van der Waals surface area contributed by atoms with Crippen LogP contribution in [-0.2, 0) is 6.61 Å². The van der Waals surface area contributed by atoms with Gasteiger partial charge in [-0.3, -0.25) is 0 Å². The molecule has 0 spiro atoms. The van der Waals surface area contributed by atoms with Crippen molar-refractivity contribution < 1.29 is 9.84 Å². The van der Waals surface area contributed by atoms with Crippen LogP contribution in [0.2, 0.25) is 0 Å². The summed E-state index contributed by atoms with van der Waals surface area (Å²) in [4.78, 5) is 4.45. The first-order chi connectivity index (χ1) is 7.69. The number of rotatable bonds is 5. The first-order valence-corrected chi connectivity index (χ1v) is 5.93. The van der Waals surface area contributed by atoms with E-state index in [0.717, 1.165) is 23.8 Å². The Balaban J connectivity index is 2.11. The average Bonchev–Trinajstić information content (AvgIpc) is 3.09. The number of hydrogen-bond donors (Lipinski definition) is 1. The highest BCUT2D eigenvalue weighted by molar-refractivity contribution is 5.26. The van der Waals surface area contributed by atoms with Crippen LogP contribution in [0.1, 0.15) is 43.9 Å². The smallest absolute Gasteiger partial charge is 0.213 e. The van der Waals surface area contributed by atoms with Crippen molar-refractivity contribution in [2.24, 2.45) is 5.92 Å². The Morgan fingerprint density at radius 3 is 2.75 bits per heavy atom. The molecular formula is C13H19NO2. The minimum atomic E-state index is 0.0437. The molecule has 1 N–H and O–H groups in total. The third kappa shape index (κ3) is 2.95. The van der Waals surface area contributed by atoms with E-state index in [9.17, 15) is 5.11 Å². The van der Waals surface area contributed by atoms with Crippen LogP contribution in [0.5, 0.6) is 5.88 Å². The SMILES string of the molecule is CC(C)c1cc(CO)cc(OCC2CC2)n1. The number of aromatic nitrogens is 1. The predicted octanol–water partition coefficient (Wildman–Crippen LogP) is 2.49. The molecule has 0 radical (unpaired) electrons.